The van der Waals surface area contributed by atoms with E-state index in [0.717, 1.165) is 56.4 Å². The Morgan fingerprint density at radius 1 is 1.41 bits per heavy atom. The van der Waals surface area contributed by atoms with Crippen molar-refractivity contribution in [2.24, 2.45) is 0 Å². The van der Waals surface area contributed by atoms with E-state index in [0.29, 0.717) is 0 Å². The van der Waals surface area contributed by atoms with Gasteiger partial charge in [0, 0.05) is 26.0 Å². The Morgan fingerprint density at radius 3 is 2.88 bits per heavy atom. The summed E-state index contributed by atoms with van der Waals surface area (Å²) in [5, 5.41) is 8.41. The lowest BCUT2D eigenvalue weighted by Crippen LogP contribution is -2.21. The maximum Gasteiger partial charge on any atom is 0.0814 e. The van der Waals surface area contributed by atoms with Gasteiger partial charge in [-0.05, 0) is 33.2 Å². The number of nitrogens with one attached hydrogen (secondary N) is 1. The summed E-state index contributed by atoms with van der Waals surface area (Å²) >= 11 is 5.92. The third-order valence-corrected chi connectivity index (χ3v) is 2.87. The molecule has 17 heavy (non-hydrogen) atoms. The van der Waals surface area contributed by atoms with Crippen molar-refractivity contribution < 1.29 is 4.74 Å². The Morgan fingerprint density at radius 2 is 2.24 bits per heavy atom. The molecule has 0 aromatic carbocycles. The first-order valence-electron chi connectivity index (χ1n) is 6.22. The minimum atomic E-state index is 0.738. The Labute approximate surface area is 108 Å². The van der Waals surface area contributed by atoms with E-state index in [4.69, 9.17) is 16.3 Å². The summed E-state index contributed by atoms with van der Waals surface area (Å²) in [6.07, 6.45) is 4.14. The van der Waals surface area contributed by atoms with Crippen LogP contribution in [0.25, 0.3) is 0 Å². The normalized spacial score (nSPS) is 11.0. The van der Waals surface area contributed by atoms with Crippen molar-refractivity contribution in [3.05, 3.63) is 16.9 Å². The van der Waals surface area contributed by atoms with Crippen LogP contribution in [-0.2, 0) is 11.3 Å². The van der Waals surface area contributed by atoms with E-state index in [1.54, 1.807) is 0 Å². The first-order chi connectivity index (χ1) is 8.24. The van der Waals surface area contributed by atoms with Crippen LogP contribution >= 0.6 is 11.6 Å². The molecule has 0 saturated heterocycles. The number of aryl methyl sites for hydroxylation is 1. The molecule has 5 heteroatoms. The lowest BCUT2D eigenvalue weighted by molar-refractivity contribution is 0.143. The van der Waals surface area contributed by atoms with Gasteiger partial charge in [-0.3, -0.25) is 4.68 Å². The third-order valence-electron chi connectivity index (χ3n) is 2.50. The number of hydrogen-bond acceptors (Lipinski definition) is 3. The maximum absolute atomic E-state index is 5.92. The molecule has 0 aliphatic carbocycles. The first kappa shape index (κ1) is 14.5. The molecule has 1 aromatic rings. The number of nitrogens with zero attached hydrogens (tertiary/aromatic N) is 2. The van der Waals surface area contributed by atoms with Crippen molar-refractivity contribution in [2.45, 2.75) is 33.2 Å². The monoisotopic (exact) mass is 259 g/mol. The van der Waals surface area contributed by atoms with Crippen LogP contribution < -0.4 is 5.32 Å². The largest absolute Gasteiger partial charge is 0.382 e. The fourth-order valence-electron chi connectivity index (χ4n) is 1.53. The summed E-state index contributed by atoms with van der Waals surface area (Å²) in [5.74, 6) is 0. The summed E-state index contributed by atoms with van der Waals surface area (Å²) < 4.78 is 7.15. The van der Waals surface area contributed by atoms with Gasteiger partial charge in [0.25, 0.3) is 0 Å². The van der Waals surface area contributed by atoms with Gasteiger partial charge in [0.1, 0.15) is 0 Å². The van der Waals surface area contributed by atoms with Gasteiger partial charge in [-0.1, -0.05) is 11.6 Å². The van der Waals surface area contributed by atoms with Gasteiger partial charge < -0.3 is 10.1 Å². The topological polar surface area (TPSA) is 39.1 Å². The number of halogens is 1. The summed E-state index contributed by atoms with van der Waals surface area (Å²) in [7, 11) is 0. The molecule has 1 aromatic heterocycles. The Kier molecular flexibility index (Phi) is 7.24. The average molecular weight is 260 g/mol. The zero-order chi connectivity index (χ0) is 12.5. The summed E-state index contributed by atoms with van der Waals surface area (Å²) in [6.45, 7) is 8.43. The Bertz CT molecular complexity index is 295. The van der Waals surface area contributed by atoms with Crippen LogP contribution in [0.15, 0.2) is 6.20 Å². The van der Waals surface area contributed by atoms with E-state index in [-0.39, 0.29) is 0 Å². The Hall–Kier alpha value is -0.580. The van der Waals surface area contributed by atoms with Crippen molar-refractivity contribution in [1.82, 2.24) is 15.1 Å². The molecular formula is C12H22ClN3O. The molecule has 0 bridgehead atoms. The van der Waals surface area contributed by atoms with Crippen molar-refractivity contribution in [3.63, 3.8) is 0 Å². The number of unbranched alkanes of at least 4 members (excludes halogenated alkanes) is 1. The van der Waals surface area contributed by atoms with E-state index in [2.05, 4.69) is 10.4 Å². The van der Waals surface area contributed by atoms with E-state index in [9.17, 15) is 0 Å². The zero-order valence-corrected chi connectivity index (χ0v) is 11.5. The van der Waals surface area contributed by atoms with Crippen LogP contribution in [0, 0.1) is 6.92 Å². The Balaban J connectivity index is 1.97. The van der Waals surface area contributed by atoms with Crippen molar-refractivity contribution in [3.8, 4) is 0 Å². The van der Waals surface area contributed by atoms with Crippen molar-refractivity contribution in [1.29, 1.82) is 0 Å². The third kappa shape index (κ3) is 6.05. The first-order valence-corrected chi connectivity index (χ1v) is 6.60. The highest BCUT2D eigenvalue weighted by atomic mass is 35.5. The summed E-state index contributed by atoms with van der Waals surface area (Å²) in [6, 6.07) is 0. The van der Waals surface area contributed by atoms with Crippen LogP contribution in [-0.4, -0.2) is 36.1 Å². The van der Waals surface area contributed by atoms with E-state index in [1.807, 2.05) is 24.7 Å². The molecule has 1 N–H and O–H groups in total. The minimum Gasteiger partial charge on any atom is -0.382 e. The molecule has 1 rings (SSSR count). The van der Waals surface area contributed by atoms with Gasteiger partial charge in [0.15, 0.2) is 0 Å². The van der Waals surface area contributed by atoms with Gasteiger partial charge in [-0.15, -0.1) is 0 Å². The quantitative estimate of drug-likeness (QED) is 0.692. The molecule has 0 spiro atoms. The molecule has 1 heterocycles. The maximum atomic E-state index is 5.92. The second-order valence-electron chi connectivity index (χ2n) is 3.98. The predicted molar refractivity (Wildman–Crippen MR) is 70.6 cm³/mol. The summed E-state index contributed by atoms with van der Waals surface area (Å²) in [4.78, 5) is 0. The van der Waals surface area contributed by atoms with Crippen LogP contribution in [0.3, 0.4) is 0 Å². The SMILES string of the molecule is CCOCCCCNCCn1cc(Cl)c(C)n1. The van der Waals surface area contributed by atoms with E-state index in [1.165, 1.54) is 0 Å². The molecular weight excluding hydrogens is 238 g/mol. The second kappa shape index (κ2) is 8.50. The summed E-state index contributed by atoms with van der Waals surface area (Å²) in [5.41, 5.74) is 0.892. The van der Waals surface area contributed by atoms with Crippen molar-refractivity contribution in [2.75, 3.05) is 26.3 Å². The molecule has 0 radical (unpaired) electrons. The molecule has 0 unspecified atom stereocenters. The predicted octanol–water partition coefficient (Wildman–Crippen LogP) is 2.25. The molecule has 98 valence electrons. The minimum absolute atomic E-state index is 0.738. The van der Waals surface area contributed by atoms with E-state index >= 15 is 0 Å². The standard InChI is InChI=1S/C12H22ClN3O/c1-3-17-9-5-4-6-14-7-8-16-10-12(13)11(2)15-16/h10,14H,3-9H2,1-2H3. The van der Waals surface area contributed by atoms with Gasteiger partial charge in [0.2, 0.25) is 0 Å². The highest BCUT2D eigenvalue weighted by Gasteiger charge is 2.00. The number of hydrogen-bond donors (Lipinski definition) is 1. The highest BCUT2D eigenvalue weighted by molar-refractivity contribution is 6.31. The molecule has 0 saturated carbocycles. The fourth-order valence-corrected chi connectivity index (χ4v) is 1.68. The van der Waals surface area contributed by atoms with Gasteiger partial charge in [-0.2, -0.15) is 5.10 Å². The molecule has 0 aliphatic heterocycles. The molecule has 4 nitrogen and oxygen atoms in total. The zero-order valence-electron chi connectivity index (χ0n) is 10.7. The second-order valence-corrected chi connectivity index (χ2v) is 4.39. The van der Waals surface area contributed by atoms with Gasteiger partial charge in [0.05, 0.1) is 17.3 Å². The lowest BCUT2D eigenvalue weighted by atomic mass is 10.3. The molecule has 0 atom stereocenters. The van der Waals surface area contributed by atoms with Crippen LogP contribution in [0.4, 0.5) is 0 Å². The number of ether oxygens (including phenoxy) is 1. The van der Waals surface area contributed by atoms with Crippen molar-refractivity contribution >= 4 is 11.6 Å². The van der Waals surface area contributed by atoms with Crippen LogP contribution in [0.5, 0.6) is 0 Å². The fraction of sp³-hybridized carbons (Fsp3) is 0.750. The number of aromatic nitrogens is 2. The molecule has 0 fully saturated rings. The average Bonchev–Trinajstić information content (AvgIpc) is 2.62. The van der Waals surface area contributed by atoms with E-state index < -0.39 is 0 Å². The lowest BCUT2D eigenvalue weighted by Gasteiger charge is -2.05. The van der Waals surface area contributed by atoms with Gasteiger partial charge in [-0.25, -0.2) is 0 Å². The van der Waals surface area contributed by atoms with Crippen LogP contribution in [0.1, 0.15) is 25.5 Å². The molecule has 0 amide bonds. The van der Waals surface area contributed by atoms with Crippen LogP contribution in [0.2, 0.25) is 5.02 Å². The highest BCUT2D eigenvalue weighted by Crippen LogP contribution is 2.11. The smallest absolute Gasteiger partial charge is 0.0814 e. The number of rotatable bonds is 9. The van der Waals surface area contributed by atoms with Gasteiger partial charge >= 0.3 is 0 Å². The molecule has 0 aliphatic rings.